The number of rotatable bonds is 9. The number of carbonyl (C=O) groups excluding carboxylic acids is 1. The minimum Gasteiger partial charge on any atom is -0.494 e. The number of hydrogen-bond donors (Lipinski definition) is 0. The number of anilines is 1. The molecule has 1 heterocycles. The van der Waals surface area contributed by atoms with E-state index in [0.717, 1.165) is 21.3 Å². The molecule has 4 rings (SSSR count). The summed E-state index contributed by atoms with van der Waals surface area (Å²) in [5, 5.41) is 0.673. The van der Waals surface area contributed by atoms with Gasteiger partial charge in [-0.3, -0.25) is 9.69 Å². The maximum Gasteiger partial charge on any atom is 0.270 e. The van der Waals surface area contributed by atoms with Crippen LogP contribution in [-0.4, -0.2) is 23.4 Å². The summed E-state index contributed by atoms with van der Waals surface area (Å²) < 4.78 is 18.6. The molecular weight excluding hydrogens is 582 g/mol. The van der Waals surface area contributed by atoms with E-state index in [1.807, 2.05) is 80.6 Å². The first-order chi connectivity index (χ1) is 17.4. The summed E-state index contributed by atoms with van der Waals surface area (Å²) in [5.74, 6) is 1.74. The van der Waals surface area contributed by atoms with E-state index < -0.39 is 0 Å². The summed E-state index contributed by atoms with van der Waals surface area (Å²) >= 11 is 16.4. The van der Waals surface area contributed by atoms with Crippen molar-refractivity contribution in [3.05, 3.63) is 86.2 Å². The lowest BCUT2D eigenvalue weighted by molar-refractivity contribution is -0.113. The minimum absolute atomic E-state index is 0.175. The molecular formula is C27H23BrClNO4S2. The zero-order chi connectivity index (χ0) is 25.7. The average molecular weight is 605 g/mol. The van der Waals surface area contributed by atoms with Gasteiger partial charge in [0, 0.05) is 5.02 Å². The van der Waals surface area contributed by atoms with Gasteiger partial charge in [-0.15, -0.1) is 0 Å². The van der Waals surface area contributed by atoms with Crippen molar-refractivity contribution in [1.82, 2.24) is 0 Å². The fourth-order valence-corrected chi connectivity index (χ4v) is 5.51. The lowest BCUT2D eigenvalue weighted by Gasteiger charge is -2.15. The second kappa shape index (κ2) is 12.1. The lowest BCUT2D eigenvalue weighted by Crippen LogP contribution is -2.27. The number of ether oxygens (including phenoxy) is 3. The molecule has 3 aromatic carbocycles. The average Bonchev–Trinajstić information content (AvgIpc) is 3.13. The molecule has 36 heavy (non-hydrogen) atoms. The molecule has 186 valence electrons. The Labute approximate surface area is 233 Å². The van der Waals surface area contributed by atoms with Crippen LogP contribution in [0.25, 0.3) is 6.08 Å². The van der Waals surface area contributed by atoms with Gasteiger partial charge >= 0.3 is 0 Å². The number of nitrogens with zero attached hydrogens (tertiary/aromatic N) is 1. The van der Waals surface area contributed by atoms with Gasteiger partial charge in [0.25, 0.3) is 5.91 Å². The zero-order valence-corrected chi connectivity index (χ0v) is 23.6. The van der Waals surface area contributed by atoms with Gasteiger partial charge in [0.1, 0.15) is 12.4 Å². The first-order valence-electron chi connectivity index (χ1n) is 11.2. The highest BCUT2D eigenvalue weighted by molar-refractivity contribution is 9.10. The third kappa shape index (κ3) is 6.24. The quantitative estimate of drug-likeness (QED) is 0.183. The number of thioether (sulfide) groups is 1. The van der Waals surface area contributed by atoms with Crippen molar-refractivity contribution in [2.45, 2.75) is 20.5 Å². The smallest absolute Gasteiger partial charge is 0.270 e. The van der Waals surface area contributed by atoms with E-state index in [0.29, 0.717) is 51.3 Å². The molecule has 0 bridgehead atoms. The molecule has 0 aliphatic carbocycles. The molecule has 1 fully saturated rings. The Morgan fingerprint density at radius 3 is 2.36 bits per heavy atom. The Bertz CT molecular complexity index is 1300. The van der Waals surface area contributed by atoms with E-state index in [2.05, 4.69) is 15.9 Å². The summed E-state index contributed by atoms with van der Waals surface area (Å²) in [6, 6.07) is 18.5. The number of benzene rings is 3. The summed E-state index contributed by atoms with van der Waals surface area (Å²) in [7, 11) is 0. The molecule has 1 amide bonds. The molecule has 5 nitrogen and oxygen atoms in total. The highest BCUT2D eigenvalue weighted by Crippen LogP contribution is 2.41. The van der Waals surface area contributed by atoms with Crippen molar-refractivity contribution < 1.29 is 19.0 Å². The second-order valence-electron chi connectivity index (χ2n) is 7.62. The van der Waals surface area contributed by atoms with Crippen LogP contribution in [0.2, 0.25) is 5.02 Å². The van der Waals surface area contributed by atoms with Gasteiger partial charge in [-0.2, -0.15) is 0 Å². The topological polar surface area (TPSA) is 48.0 Å². The normalized spacial score (nSPS) is 14.4. The number of thiocarbonyl (C=S) groups is 1. The summed E-state index contributed by atoms with van der Waals surface area (Å²) in [5.41, 5.74) is 2.47. The number of halogens is 2. The predicted octanol–water partition coefficient (Wildman–Crippen LogP) is 7.88. The van der Waals surface area contributed by atoms with Crippen LogP contribution in [0, 0.1) is 0 Å². The van der Waals surface area contributed by atoms with Crippen molar-refractivity contribution >= 4 is 73.5 Å². The molecule has 1 aliphatic heterocycles. The fraction of sp³-hybridized carbons (Fsp3) is 0.185. The van der Waals surface area contributed by atoms with Gasteiger partial charge in [-0.25, -0.2) is 0 Å². The van der Waals surface area contributed by atoms with Crippen LogP contribution < -0.4 is 19.1 Å². The Morgan fingerprint density at radius 2 is 1.69 bits per heavy atom. The van der Waals surface area contributed by atoms with Crippen LogP contribution in [0.4, 0.5) is 5.69 Å². The molecule has 9 heteroatoms. The minimum atomic E-state index is -0.175. The van der Waals surface area contributed by atoms with Crippen LogP contribution in [0.5, 0.6) is 17.2 Å². The number of amides is 1. The van der Waals surface area contributed by atoms with Crippen LogP contribution in [0.1, 0.15) is 25.0 Å². The Hall–Kier alpha value is -2.52. The van der Waals surface area contributed by atoms with E-state index in [1.165, 1.54) is 16.7 Å². The van der Waals surface area contributed by atoms with E-state index in [-0.39, 0.29) is 5.91 Å². The van der Waals surface area contributed by atoms with Gasteiger partial charge in [0.05, 0.1) is 28.3 Å². The molecule has 0 spiro atoms. The van der Waals surface area contributed by atoms with E-state index >= 15 is 0 Å². The van der Waals surface area contributed by atoms with Gasteiger partial charge in [0.2, 0.25) is 0 Å². The first kappa shape index (κ1) is 26.5. The molecule has 0 unspecified atom stereocenters. The van der Waals surface area contributed by atoms with Crippen LogP contribution in [0.3, 0.4) is 0 Å². The molecule has 3 aromatic rings. The molecule has 1 saturated heterocycles. The number of carbonyl (C=O) groups is 1. The monoisotopic (exact) mass is 603 g/mol. The van der Waals surface area contributed by atoms with Crippen LogP contribution >= 0.6 is 51.5 Å². The molecule has 0 atom stereocenters. The Kier molecular flexibility index (Phi) is 8.95. The van der Waals surface area contributed by atoms with Gasteiger partial charge in [-0.05, 0) is 95.5 Å². The maximum atomic E-state index is 13.2. The largest absolute Gasteiger partial charge is 0.494 e. The predicted molar refractivity (Wildman–Crippen MR) is 154 cm³/mol. The van der Waals surface area contributed by atoms with Crippen molar-refractivity contribution in [2.75, 3.05) is 18.1 Å². The van der Waals surface area contributed by atoms with Crippen molar-refractivity contribution in [3.63, 3.8) is 0 Å². The summed E-state index contributed by atoms with van der Waals surface area (Å²) in [6.45, 7) is 5.23. The summed E-state index contributed by atoms with van der Waals surface area (Å²) in [4.78, 5) is 15.3. The van der Waals surface area contributed by atoms with Crippen molar-refractivity contribution in [3.8, 4) is 17.2 Å². The van der Waals surface area contributed by atoms with Crippen molar-refractivity contribution in [2.24, 2.45) is 0 Å². The number of hydrogen-bond acceptors (Lipinski definition) is 6. The molecule has 1 aliphatic rings. The molecule has 0 N–H and O–H groups in total. The molecule has 0 saturated carbocycles. The van der Waals surface area contributed by atoms with Crippen molar-refractivity contribution in [1.29, 1.82) is 0 Å². The Morgan fingerprint density at radius 1 is 1.00 bits per heavy atom. The fourth-order valence-electron chi connectivity index (χ4n) is 3.51. The third-order valence-electron chi connectivity index (χ3n) is 5.13. The third-order valence-corrected chi connectivity index (χ3v) is 7.27. The first-order valence-corrected chi connectivity index (χ1v) is 13.6. The highest BCUT2D eigenvalue weighted by atomic mass is 79.9. The van der Waals surface area contributed by atoms with Crippen LogP contribution in [-0.2, 0) is 11.4 Å². The van der Waals surface area contributed by atoms with E-state index in [9.17, 15) is 4.79 Å². The van der Waals surface area contributed by atoms with Gasteiger partial charge in [0.15, 0.2) is 15.8 Å². The van der Waals surface area contributed by atoms with Gasteiger partial charge < -0.3 is 14.2 Å². The maximum absolute atomic E-state index is 13.2. The Balaban J connectivity index is 1.56. The van der Waals surface area contributed by atoms with E-state index in [4.69, 9.17) is 38.0 Å². The summed E-state index contributed by atoms with van der Waals surface area (Å²) in [6.07, 6.45) is 1.81. The lowest BCUT2D eigenvalue weighted by atomic mass is 10.1. The van der Waals surface area contributed by atoms with Gasteiger partial charge in [-0.1, -0.05) is 47.7 Å². The van der Waals surface area contributed by atoms with E-state index in [1.54, 1.807) is 0 Å². The second-order valence-corrected chi connectivity index (χ2v) is 10.6. The molecule has 0 aromatic heterocycles. The molecule has 0 radical (unpaired) electrons. The zero-order valence-electron chi connectivity index (χ0n) is 19.6. The highest BCUT2D eigenvalue weighted by Gasteiger charge is 2.33. The SMILES string of the molecule is CCOc1ccc(N2C(=O)/C(=C\c3cc(Br)c(OCc4ccc(Cl)cc4)c(OCC)c3)SC2=S)cc1. The standard InChI is InChI=1S/C27H23BrClNO4S2/c1-3-32-21-11-9-20(10-12-21)30-26(31)24(36-27(30)35)15-18-13-22(28)25(23(14-18)33-4-2)34-16-17-5-7-19(29)8-6-17/h5-15H,3-4,16H2,1-2H3/b24-15+. The van der Waals surface area contributed by atoms with Crippen LogP contribution in [0.15, 0.2) is 70.0 Å².